The number of nitrogens with one attached hydrogen (secondary N) is 1. The van der Waals surface area contributed by atoms with Crippen molar-refractivity contribution in [3.05, 3.63) is 42.3 Å². The van der Waals surface area contributed by atoms with E-state index in [2.05, 4.69) is 39.5 Å². The second kappa shape index (κ2) is 5.99. The molecule has 1 aliphatic heterocycles. The molecule has 1 N–H and O–H groups in total. The molecule has 0 radical (unpaired) electrons. The Balaban J connectivity index is 1.57. The van der Waals surface area contributed by atoms with Crippen molar-refractivity contribution in [1.82, 2.24) is 15.2 Å². The molecule has 4 nitrogen and oxygen atoms in total. The van der Waals surface area contributed by atoms with Gasteiger partial charge in [0.15, 0.2) is 0 Å². The molecule has 0 unspecified atom stereocenters. The molecule has 2 heterocycles. The number of aromatic nitrogens is 1. The zero-order valence-corrected chi connectivity index (χ0v) is 11.0. The zero-order valence-electron chi connectivity index (χ0n) is 11.0. The maximum absolute atomic E-state index is 5.29. The third kappa shape index (κ3) is 3.22. The first kappa shape index (κ1) is 12.4. The lowest BCUT2D eigenvalue weighted by Gasteiger charge is -2.27. The third-order valence-electron chi connectivity index (χ3n) is 3.56. The summed E-state index contributed by atoms with van der Waals surface area (Å²) in [5.41, 5.74) is 2.41. The Bertz CT molecular complexity index is 487. The molecule has 1 aliphatic rings. The minimum atomic E-state index is 0.689. The summed E-state index contributed by atoms with van der Waals surface area (Å²) in [5.74, 6) is 0.689. The Morgan fingerprint density at radius 2 is 1.95 bits per heavy atom. The van der Waals surface area contributed by atoms with Crippen LogP contribution in [-0.2, 0) is 6.42 Å². The van der Waals surface area contributed by atoms with Crippen LogP contribution in [-0.4, -0.2) is 42.6 Å². The highest BCUT2D eigenvalue weighted by molar-refractivity contribution is 5.53. The van der Waals surface area contributed by atoms with Crippen LogP contribution < -0.4 is 5.32 Å². The molecule has 4 heteroatoms. The van der Waals surface area contributed by atoms with Crippen LogP contribution in [0.2, 0.25) is 0 Å². The molecule has 3 rings (SSSR count). The topological polar surface area (TPSA) is 41.3 Å². The van der Waals surface area contributed by atoms with Crippen LogP contribution in [0.4, 0.5) is 0 Å². The molecule has 0 atom stereocenters. The van der Waals surface area contributed by atoms with Crippen molar-refractivity contribution >= 4 is 0 Å². The molecule has 0 amide bonds. The molecule has 1 aromatic carbocycles. The van der Waals surface area contributed by atoms with Crippen molar-refractivity contribution in [2.24, 2.45) is 0 Å². The van der Waals surface area contributed by atoms with Crippen LogP contribution in [0.25, 0.3) is 11.5 Å². The monoisotopic (exact) mass is 257 g/mol. The van der Waals surface area contributed by atoms with E-state index in [1.807, 2.05) is 0 Å². The Morgan fingerprint density at radius 1 is 1.16 bits per heavy atom. The van der Waals surface area contributed by atoms with Gasteiger partial charge in [-0.2, -0.15) is 0 Å². The molecule has 100 valence electrons. The van der Waals surface area contributed by atoms with Crippen LogP contribution in [0.5, 0.6) is 0 Å². The Labute approximate surface area is 113 Å². The molecule has 2 aromatic rings. The van der Waals surface area contributed by atoms with E-state index in [-0.39, 0.29) is 0 Å². The van der Waals surface area contributed by atoms with Gasteiger partial charge in [0.25, 0.3) is 0 Å². The van der Waals surface area contributed by atoms with Crippen LogP contribution in [0.3, 0.4) is 0 Å². The van der Waals surface area contributed by atoms with Gasteiger partial charge in [-0.15, -0.1) is 0 Å². The van der Waals surface area contributed by atoms with Gasteiger partial charge in [0.05, 0.1) is 6.20 Å². The van der Waals surface area contributed by atoms with Crippen LogP contribution in [0.15, 0.2) is 41.1 Å². The second-order valence-electron chi connectivity index (χ2n) is 4.88. The lowest BCUT2D eigenvalue weighted by molar-refractivity contribution is 0.244. The second-order valence-corrected chi connectivity index (χ2v) is 4.88. The van der Waals surface area contributed by atoms with E-state index in [0.29, 0.717) is 5.89 Å². The van der Waals surface area contributed by atoms with E-state index >= 15 is 0 Å². The van der Waals surface area contributed by atoms with Gasteiger partial charge >= 0.3 is 0 Å². The Kier molecular flexibility index (Phi) is 3.91. The van der Waals surface area contributed by atoms with E-state index in [1.165, 1.54) is 5.56 Å². The van der Waals surface area contributed by atoms with Gasteiger partial charge in [-0.05, 0) is 24.1 Å². The molecule has 19 heavy (non-hydrogen) atoms. The minimum Gasteiger partial charge on any atom is -0.445 e. The summed E-state index contributed by atoms with van der Waals surface area (Å²) >= 11 is 0. The van der Waals surface area contributed by atoms with Crippen LogP contribution >= 0.6 is 0 Å². The van der Waals surface area contributed by atoms with Gasteiger partial charge < -0.3 is 14.6 Å². The summed E-state index contributed by atoms with van der Waals surface area (Å²) in [6.07, 6.45) is 4.38. The molecule has 0 spiro atoms. The average Bonchev–Trinajstić information content (AvgIpc) is 3.01. The molecular formula is C15H19N3O. The van der Waals surface area contributed by atoms with Crippen molar-refractivity contribution in [3.63, 3.8) is 0 Å². The van der Waals surface area contributed by atoms with E-state index in [4.69, 9.17) is 4.42 Å². The van der Waals surface area contributed by atoms with E-state index in [9.17, 15) is 0 Å². The average molecular weight is 257 g/mol. The summed E-state index contributed by atoms with van der Waals surface area (Å²) in [5, 5.41) is 3.38. The van der Waals surface area contributed by atoms with Gasteiger partial charge in [-0.25, -0.2) is 4.98 Å². The van der Waals surface area contributed by atoms with Crippen LogP contribution in [0, 0.1) is 0 Å². The summed E-state index contributed by atoms with van der Waals surface area (Å²) in [6.45, 7) is 5.69. The SMILES string of the molecule is c1coc(-c2ccc(CCN3CCNCC3)cc2)n1. The summed E-state index contributed by atoms with van der Waals surface area (Å²) in [7, 11) is 0. The van der Waals surface area contributed by atoms with Crippen molar-refractivity contribution in [1.29, 1.82) is 0 Å². The van der Waals surface area contributed by atoms with Gasteiger partial charge in [-0.3, -0.25) is 0 Å². The molecule has 0 saturated carbocycles. The molecule has 1 saturated heterocycles. The largest absolute Gasteiger partial charge is 0.445 e. The smallest absolute Gasteiger partial charge is 0.225 e. The first-order valence-electron chi connectivity index (χ1n) is 6.84. The molecule has 1 fully saturated rings. The lowest BCUT2D eigenvalue weighted by atomic mass is 10.1. The van der Waals surface area contributed by atoms with E-state index < -0.39 is 0 Å². The quantitative estimate of drug-likeness (QED) is 0.906. The fourth-order valence-electron chi connectivity index (χ4n) is 2.40. The van der Waals surface area contributed by atoms with Crippen molar-refractivity contribution in [2.75, 3.05) is 32.7 Å². The van der Waals surface area contributed by atoms with E-state index in [1.54, 1.807) is 12.5 Å². The number of hydrogen-bond acceptors (Lipinski definition) is 4. The Hall–Kier alpha value is -1.65. The summed E-state index contributed by atoms with van der Waals surface area (Å²) in [4.78, 5) is 6.67. The third-order valence-corrected chi connectivity index (χ3v) is 3.56. The number of oxazole rings is 1. The number of benzene rings is 1. The molecular weight excluding hydrogens is 238 g/mol. The normalized spacial score (nSPS) is 16.6. The maximum Gasteiger partial charge on any atom is 0.225 e. The fourth-order valence-corrected chi connectivity index (χ4v) is 2.40. The molecule has 0 aliphatic carbocycles. The highest BCUT2D eigenvalue weighted by atomic mass is 16.3. The summed E-state index contributed by atoms with van der Waals surface area (Å²) < 4.78 is 5.29. The zero-order chi connectivity index (χ0) is 12.9. The first-order valence-corrected chi connectivity index (χ1v) is 6.84. The van der Waals surface area contributed by atoms with Gasteiger partial charge in [0.1, 0.15) is 6.26 Å². The number of hydrogen-bond donors (Lipinski definition) is 1. The maximum atomic E-state index is 5.29. The lowest BCUT2D eigenvalue weighted by Crippen LogP contribution is -2.44. The molecule has 0 bridgehead atoms. The fraction of sp³-hybridized carbons (Fsp3) is 0.400. The standard InChI is InChI=1S/C15H19N3O/c1-3-14(15-17-8-12-19-15)4-2-13(1)5-9-18-10-6-16-7-11-18/h1-4,8,12,16H,5-7,9-11H2. The van der Waals surface area contributed by atoms with Crippen molar-refractivity contribution < 1.29 is 4.42 Å². The highest BCUT2D eigenvalue weighted by Gasteiger charge is 2.09. The summed E-state index contributed by atoms with van der Waals surface area (Å²) in [6, 6.07) is 8.50. The Morgan fingerprint density at radius 3 is 2.63 bits per heavy atom. The van der Waals surface area contributed by atoms with Crippen molar-refractivity contribution in [2.45, 2.75) is 6.42 Å². The van der Waals surface area contributed by atoms with E-state index in [0.717, 1.165) is 44.7 Å². The molecule has 1 aromatic heterocycles. The number of piperazine rings is 1. The predicted octanol–water partition coefficient (Wildman–Crippen LogP) is 1.79. The van der Waals surface area contributed by atoms with Gasteiger partial charge in [0.2, 0.25) is 5.89 Å². The minimum absolute atomic E-state index is 0.689. The van der Waals surface area contributed by atoms with Crippen LogP contribution in [0.1, 0.15) is 5.56 Å². The van der Waals surface area contributed by atoms with Gasteiger partial charge in [-0.1, -0.05) is 12.1 Å². The van der Waals surface area contributed by atoms with Gasteiger partial charge in [0, 0.05) is 38.3 Å². The van der Waals surface area contributed by atoms with Crippen molar-refractivity contribution in [3.8, 4) is 11.5 Å². The highest BCUT2D eigenvalue weighted by Crippen LogP contribution is 2.17. The predicted molar refractivity (Wildman–Crippen MR) is 75.0 cm³/mol. The first-order chi connectivity index (χ1) is 9.42. The number of nitrogens with zero attached hydrogens (tertiary/aromatic N) is 2. The number of rotatable bonds is 4.